The summed E-state index contributed by atoms with van der Waals surface area (Å²) in [6.45, 7) is 0. The molecular weight excluding hydrogens is 314 g/mol. The highest BCUT2D eigenvalue weighted by Gasteiger charge is 2.25. The normalized spacial score (nSPS) is 14.4. The van der Waals surface area contributed by atoms with Crippen LogP contribution in [0.4, 0.5) is 0 Å². The maximum Gasteiger partial charge on any atom is 0.374 e. The molecule has 1 fully saturated rings. The number of carboxylic acid groups (broad SMARTS) is 1. The Bertz CT molecular complexity index is 633. The molecular formula is C13H10BrNO4. The number of rotatable bonds is 4. The van der Waals surface area contributed by atoms with E-state index in [-0.39, 0.29) is 11.9 Å². The van der Waals surface area contributed by atoms with Gasteiger partial charge >= 0.3 is 5.97 Å². The van der Waals surface area contributed by atoms with Crippen molar-refractivity contribution < 1.29 is 19.2 Å². The summed E-state index contributed by atoms with van der Waals surface area (Å²) < 4.78 is 11.4. The Morgan fingerprint density at radius 2 is 2.21 bits per heavy atom. The van der Waals surface area contributed by atoms with E-state index in [0.717, 1.165) is 22.9 Å². The van der Waals surface area contributed by atoms with E-state index in [1.165, 1.54) is 6.07 Å². The fourth-order valence-electron chi connectivity index (χ4n) is 1.67. The summed E-state index contributed by atoms with van der Waals surface area (Å²) in [6, 6.07) is 6.94. The van der Waals surface area contributed by atoms with Crippen LogP contribution in [-0.4, -0.2) is 22.3 Å². The zero-order valence-corrected chi connectivity index (χ0v) is 11.4. The molecule has 1 saturated carbocycles. The highest BCUT2D eigenvalue weighted by atomic mass is 79.9. The molecule has 0 amide bonds. The van der Waals surface area contributed by atoms with Crippen molar-refractivity contribution in [2.45, 2.75) is 18.9 Å². The Labute approximate surface area is 117 Å². The molecule has 0 unspecified atom stereocenters. The fourth-order valence-corrected chi connectivity index (χ4v) is 2.03. The second-order valence-electron chi connectivity index (χ2n) is 4.34. The van der Waals surface area contributed by atoms with Gasteiger partial charge in [-0.05, 0) is 31.0 Å². The predicted molar refractivity (Wildman–Crippen MR) is 70.2 cm³/mol. The first-order valence-corrected chi connectivity index (χ1v) is 6.59. The van der Waals surface area contributed by atoms with Crippen molar-refractivity contribution in [2.24, 2.45) is 0 Å². The molecule has 0 atom stereocenters. The number of halogens is 1. The third-order valence-corrected chi connectivity index (χ3v) is 3.25. The number of carboxylic acids is 1. The Morgan fingerprint density at radius 3 is 2.84 bits per heavy atom. The molecule has 1 N–H and O–H groups in total. The summed E-state index contributed by atoms with van der Waals surface area (Å²) >= 11 is 3.38. The van der Waals surface area contributed by atoms with Gasteiger partial charge in [0.2, 0.25) is 5.76 Å². The molecule has 1 aromatic heterocycles. The minimum atomic E-state index is -1.14. The molecule has 1 aliphatic carbocycles. The second kappa shape index (κ2) is 4.70. The van der Waals surface area contributed by atoms with E-state index < -0.39 is 5.97 Å². The molecule has 1 aliphatic rings. The summed E-state index contributed by atoms with van der Waals surface area (Å²) in [5, 5.41) is 12.6. The second-order valence-corrected chi connectivity index (χ2v) is 5.25. The molecule has 0 bridgehead atoms. The first kappa shape index (κ1) is 12.2. The van der Waals surface area contributed by atoms with E-state index >= 15 is 0 Å². The number of aromatic carboxylic acids is 1. The van der Waals surface area contributed by atoms with Crippen LogP contribution >= 0.6 is 15.9 Å². The quantitative estimate of drug-likeness (QED) is 0.934. The van der Waals surface area contributed by atoms with Gasteiger partial charge in [0.1, 0.15) is 11.4 Å². The number of benzene rings is 1. The third-order valence-electron chi connectivity index (χ3n) is 2.76. The minimum Gasteiger partial charge on any atom is -0.490 e. The molecule has 3 rings (SSSR count). The van der Waals surface area contributed by atoms with Crippen molar-refractivity contribution in [1.82, 2.24) is 5.16 Å². The fraction of sp³-hybridized carbons (Fsp3) is 0.231. The zero-order chi connectivity index (χ0) is 13.4. The number of hydrogen-bond acceptors (Lipinski definition) is 4. The number of nitrogens with zero attached hydrogens (tertiary/aromatic N) is 1. The van der Waals surface area contributed by atoms with Gasteiger partial charge in [-0.15, -0.1) is 0 Å². The maximum atomic E-state index is 10.8. The topological polar surface area (TPSA) is 72.6 Å². The zero-order valence-electron chi connectivity index (χ0n) is 9.80. The van der Waals surface area contributed by atoms with E-state index in [1.54, 1.807) is 0 Å². The van der Waals surface area contributed by atoms with Crippen molar-refractivity contribution in [2.75, 3.05) is 0 Å². The maximum absolute atomic E-state index is 10.8. The van der Waals surface area contributed by atoms with Crippen LogP contribution in [0.2, 0.25) is 0 Å². The largest absolute Gasteiger partial charge is 0.490 e. The van der Waals surface area contributed by atoms with Crippen LogP contribution in [-0.2, 0) is 0 Å². The molecule has 1 heterocycles. The average molecular weight is 324 g/mol. The van der Waals surface area contributed by atoms with E-state index in [0.29, 0.717) is 11.4 Å². The van der Waals surface area contributed by atoms with Crippen molar-refractivity contribution in [3.05, 3.63) is 34.5 Å². The summed E-state index contributed by atoms with van der Waals surface area (Å²) in [4.78, 5) is 10.8. The van der Waals surface area contributed by atoms with Crippen LogP contribution in [0.25, 0.3) is 11.3 Å². The van der Waals surface area contributed by atoms with Gasteiger partial charge < -0.3 is 14.4 Å². The molecule has 19 heavy (non-hydrogen) atoms. The first-order chi connectivity index (χ1) is 9.13. The SMILES string of the molecule is O=C(O)c1cc(-c2cc(Br)ccc2OC2CC2)no1. The van der Waals surface area contributed by atoms with Crippen LogP contribution in [0.5, 0.6) is 5.75 Å². The van der Waals surface area contributed by atoms with Crippen LogP contribution in [0.1, 0.15) is 23.4 Å². The molecule has 0 spiro atoms. The molecule has 6 heteroatoms. The van der Waals surface area contributed by atoms with Gasteiger partial charge in [-0.25, -0.2) is 4.79 Å². The lowest BCUT2D eigenvalue weighted by Gasteiger charge is -2.09. The summed E-state index contributed by atoms with van der Waals surface area (Å²) in [6.07, 6.45) is 2.36. The smallest absolute Gasteiger partial charge is 0.374 e. The molecule has 5 nitrogen and oxygen atoms in total. The number of aromatic nitrogens is 1. The van der Waals surface area contributed by atoms with Crippen LogP contribution < -0.4 is 4.74 Å². The molecule has 2 aromatic rings. The first-order valence-electron chi connectivity index (χ1n) is 5.80. The van der Waals surface area contributed by atoms with Gasteiger partial charge in [0, 0.05) is 16.1 Å². The Kier molecular flexibility index (Phi) is 3.02. The van der Waals surface area contributed by atoms with Crippen LogP contribution in [0.3, 0.4) is 0 Å². The van der Waals surface area contributed by atoms with Gasteiger partial charge in [-0.2, -0.15) is 0 Å². The van der Waals surface area contributed by atoms with Gasteiger partial charge in [0.05, 0.1) is 6.10 Å². The van der Waals surface area contributed by atoms with Crippen molar-refractivity contribution in [1.29, 1.82) is 0 Å². The third kappa shape index (κ3) is 2.63. The highest BCUT2D eigenvalue weighted by molar-refractivity contribution is 9.10. The molecule has 98 valence electrons. The highest BCUT2D eigenvalue weighted by Crippen LogP contribution is 2.36. The van der Waals surface area contributed by atoms with Crippen molar-refractivity contribution in [3.8, 4) is 17.0 Å². The average Bonchev–Trinajstić information content (AvgIpc) is 3.05. The monoisotopic (exact) mass is 323 g/mol. The van der Waals surface area contributed by atoms with E-state index in [2.05, 4.69) is 21.1 Å². The van der Waals surface area contributed by atoms with Gasteiger partial charge in [0.25, 0.3) is 0 Å². The van der Waals surface area contributed by atoms with E-state index in [9.17, 15) is 4.79 Å². The number of hydrogen-bond donors (Lipinski definition) is 1. The Balaban J connectivity index is 2.00. The van der Waals surface area contributed by atoms with Crippen molar-refractivity contribution >= 4 is 21.9 Å². The Hall–Kier alpha value is -1.82. The predicted octanol–water partition coefficient (Wildman–Crippen LogP) is 3.34. The lowest BCUT2D eigenvalue weighted by molar-refractivity contribution is 0.0652. The molecule has 0 saturated heterocycles. The summed E-state index contributed by atoms with van der Waals surface area (Å²) in [7, 11) is 0. The minimum absolute atomic E-state index is 0.188. The Morgan fingerprint density at radius 1 is 1.42 bits per heavy atom. The van der Waals surface area contributed by atoms with Crippen molar-refractivity contribution in [3.63, 3.8) is 0 Å². The molecule has 0 radical (unpaired) electrons. The summed E-state index contributed by atoms with van der Waals surface area (Å²) in [5.41, 5.74) is 1.17. The van der Waals surface area contributed by atoms with Crippen LogP contribution in [0, 0.1) is 0 Å². The van der Waals surface area contributed by atoms with E-state index in [4.69, 9.17) is 14.4 Å². The summed E-state index contributed by atoms with van der Waals surface area (Å²) in [5.74, 6) is -0.637. The standard InChI is InChI=1S/C13H10BrNO4/c14-7-1-4-11(18-8-2-3-8)9(5-7)10-6-12(13(16)17)19-15-10/h1,4-6,8H,2-3H2,(H,16,17). The molecule has 1 aromatic carbocycles. The lowest BCUT2D eigenvalue weighted by Crippen LogP contribution is -1.98. The van der Waals surface area contributed by atoms with Gasteiger partial charge in [-0.3, -0.25) is 0 Å². The molecule has 0 aliphatic heterocycles. The van der Waals surface area contributed by atoms with E-state index in [1.807, 2.05) is 18.2 Å². The van der Waals surface area contributed by atoms with Gasteiger partial charge in [-0.1, -0.05) is 21.1 Å². The van der Waals surface area contributed by atoms with Gasteiger partial charge in [0.15, 0.2) is 0 Å². The van der Waals surface area contributed by atoms with Crippen LogP contribution in [0.15, 0.2) is 33.3 Å². The lowest BCUT2D eigenvalue weighted by atomic mass is 10.1. The number of ether oxygens (including phenoxy) is 1. The number of carbonyl (C=O) groups is 1.